The van der Waals surface area contributed by atoms with E-state index in [0.717, 1.165) is 25.7 Å². The summed E-state index contributed by atoms with van der Waals surface area (Å²) < 4.78 is 0. The quantitative estimate of drug-likeness (QED) is 0.0654. The second kappa shape index (κ2) is 38.7. The normalized spacial score (nSPS) is 11.5. The lowest BCUT2D eigenvalue weighted by Crippen LogP contribution is -1.97. The van der Waals surface area contributed by atoms with Crippen LogP contribution in [0.1, 0.15) is 258 Å². The van der Waals surface area contributed by atoms with Gasteiger partial charge in [-0.15, -0.1) is 0 Å². The minimum atomic E-state index is 0.524. The highest BCUT2D eigenvalue weighted by Gasteiger charge is 2.02. The summed E-state index contributed by atoms with van der Waals surface area (Å²) in [6, 6.07) is 0. The van der Waals surface area contributed by atoms with E-state index in [4.69, 9.17) is 0 Å². The van der Waals surface area contributed by atoms with Crippen LogP contribution in [-0.4, -0.2) is 5.78 Å². The van der Waals surface area contributed by atoms with Crippen LogP contribution in [0.4, 0.5) is 0 Å². The molecule has 252 valence electrons. The molecule has 0 aliphatic heterocycles. The molecular weight excluding hydrogens is 508 g/mol. The third kappa shape index (κ3) is 37.7. The number of hydrogen-bond acceptors (Lipinski definition) is 1. The molecule has 1 nitrogen and oxygen atoms in total. The Balaban J connectivity index is 3.10. The van der Waals surface area contributed by atoms with Gasteiger partial charge in [-0.25, -0.2) is 0 Å². The first-order valence-electron chi connectivity index (χ1n) is 20.3. The molecule has 0 aromatic rings. The minimum absolute atomic E-state index is 0.524. The van der Waals surface area contributed by atoms with Crippen molar-refractivity contribution in [2.75, 3.05) is 0 Å². The maximum absolute atomic E-state index is 12.1. The number of rotatable bonds is 38. The molecule has 0 rings (SSSR count). The largest absolute Gasteiger partial charge is 0.300 e. The summed E-state index contributed by atoms with van der Waals surface area (Å²) in [6.07, 6.45) is 52.5. The SMILES string of the molecule is CCCCCCCCCCCCCCCCCCCCCCCCCCCCCCC(=O)CCCCCCCCCC. The molecule has 0 heterocycles. The smallest absolute Gasteiger partial charge is 0.132 e. The van der Waals surface area contributed by atoms with Gasteiger partial charge in [0.15, 0.2) is 0 Å². The monoisotopic (exact) mass is 591 g/mol. The molecule has 0 bridgehead atoms. The lowest BCUT2D eigenvalue weighted by Gasteiger charge is -2.05. The zero-order valence-corrected chi connectivity index (χ0v) is 29.8. The first kappa shape index (κ1) is 41.7. The zero-order chi connectivity index (χ0) is 30.4. The highest BCUT2D eigenvalue weighted by molar-refractivity contribution is 5.78. The van der Waals surface area contributed by atoms with Crippen LogP contribution >= 0.6 is 0 Å². The van der Waals surface area contributed by atoms with Crippen molar-refractivity contribution in [1.29, 1.82) is 0 Å². The topological polar surface area (TPSA) is 17.1 Å². The van der Waals surface area contributed by atoms with Crippen LogP contribution in [0, 0.1) is 0 Å². The third-order valence-corrected chi connectivity index (χ3v) is 9.62. The Labute approximate surface area is 267 Å². The fourth-order valence-electron chi connectivity index (χ4n) is 6.57. The maximum Gasteiger partial charge on any atom is 0.132 e. The summed E-state index contributed by atoms with van der Waals surface area (Å²) >= 11 is 0. The second-order valence-electron chi connectivity index (χ2n) is 14.1. The van der Waals surface area contributed by atoms with E-state index in [1.807, 2.05) is 0 Å². The molecule has 0 atom stereocenters. The Bertz CT molecular complexity index is 483. The van der Waals surface area contributed by atoms with E-state index >= 15 is 0 Å². The fraction of sp³-hybridized carbons (Fsp3) is 0.976. The van der Waals surface area contributed by atoms with Crippen LogP contribution < -0.4 is 0 Å². The van der Waals surface area contributed by atoms with Gasteiger partial charge in [0.1, 0.15) is 5.78 Å². The number of hydrogen-bond donors (Lipinski definition) is 0. The predicted octanol–water partition coefficient (Wildman–Crippen LogP) is 15.4. The summed E-state index contributed by atoms with van der Waals surface area (Å²) in [5, 5.41) is 0. The van der Waals surface area contributed by atoms with Gasteiger partial charge in [-0.2, -0.15) is 0 Å². The molecule has 1 heteroatoms. The second-order valence-corrected chi connectivity index (χ2v) is 14.1. The van der Waals surface area contributed by atoms with Gasteiger partial charge in [-0.05, 0) is 12.8 Å². The molecule has 42 heavy (non-hydrogen) atoms. The van der Waals surface area contributed by atoms with Gasteiger partial charge in [-0.3, -0.25) is 4.79 Å². The molecule has 0 fully saturated rings. The molecule has 0 unspecified atom stereocenters. The average molecular weight is 591 g/mol. The lowest BCUT2D eigenvalue weighted by atomic mass is 10.0. The summed E-state index contributed by atoms with van der Waals surface area (Å²) in [4.78, 5) is 12.1. The van der Waals surface area contributed by atoms with Gasteiger partial charge >= 0.3 is 0 Å². The van der Waals surface area contributed by atoms with E-state index in [-0.39, 0.29) is 0 Å². The molecule has 0 aromatic carbocycles. The predicted molar refractivity (Wildman–Crippen MR) is 192 cm³/mol. The maximum atomic E-state index is 12.1. The van der Waals surface area contributed by atoms with Crippen molar-refractivity contribution in [1.82, 2.24) is 0 Å². The van der Waals surface area contributed by atoms with Gasteiger partial charge in [0, 0.05) is 12.8 Å². The Kier molecular flexibility index (Phi) is 38.4. The average Bonchev–Trinajstić information content (AvgIpc) is 3.00. The highest BCUT2D eigenvalue weighted by atomic mass is 16.1. The highest BCUT2D eigenvalue weighted by Crippen LogP contribution is 2.17. The minimum Gasteiger partial charge on any atom is -0.300 e. The molecule has 0 saturated heterocycles. The first-order valence-corrected chi connectivity index (χ1v) is 20.3. The zero-order valence-electron chi connectivity index (χ0n) is 29.8. The fourth-order valence-corrected chi connectivity index (χ4v) is 6.57. The van der Waals surface area contributed by atoms with Crippen molar-refractivity contribution < 1.29 is 4.79 Å². The van der Waals surface area contributed by atoms with Crippen molar-refractivity contribution in [2.24, 2.45) is 0 Å². The number of ketones is 1. The summed E-state index contributed by atoms with van der Waals surface area (Å²) in [7, 11) is 0. The van der Waals surface area contributed by atoms with E-state index in [9.17, 15) is 4.79 Å². The summed E-state index contributed by atoms with van der Waals surface area (Å²) in [5.74, 6) is 0.524. The van der Waals surface area contributed by atoms with Crippen LogP contribution in [0.2, 0.25) is 0 Å². The summed E-state index contributed by atoms with van der Waals surface area (Å²) in [6.45, 7) is 4.58. The van der Waals surface area contributed by atoms with Crippen LogP contribution in [0.5, 0.6) is 0 Å². The molecular formula is C41H82O. The van der Waals surface area contributed by atoms with E-state index in [0.29, 0.717) is 5.78 Å². The molecule has 0 aliphatic carbocycles. The molecule has 0 amide bonds. The number of carbonyl (C=O) groups is 1. The van der Waals surface area contributed by atoms with E-state index in [1.165, 1.54) is 218 Å². The van der Waals surface area contributed by atoms with Gasteiger partial charge in [-0.1, -0.05) is 232 Å². The van der Waals surface area contributed by atoms with Crippen LogP contribution in [0.15, 0.2) is 0 Å². The standard InChI is InChI=1S/C41H82O/c1-3-5-7-9-11-13-14-15-16-17-18-19-20-21-22-23-24-25-26-27-28-29-30-31-32-34-36-38-40-41(42)39-37-35-33-12-10-8-6-4-2/h3-40H2,1-2H3. The first-order chi connectivity index (χ1) is 20.8. The van der Waals surface area contributed by atoms with Gasteiger partial charge < -0.3 is 0 Å². The Hall–Kier alpha value is -0.330. The van der Waals surface area contributed by atoms with Crippen molar-refractivity contribution in [3.05, 3.63) is 0 Å². The Morgan fingerprint density at radius 1 is 0.238 bits per heavy atom. The van der Waals surface area contributed by atoms with Crippen molar-refractivity contribution in [3.63, 3.8) is 0 Å². The van der Waals surface area contributed by atoms with E-state index in [2.05, 4.69) is 13.8 Å². The van der Waals surface area contributed by atoms with Crippen molar-refractivity contribution in [2.45, 2.75) is 258 Å². The molecule has 0 aromatic heterocycles. The van der Waals surface area contributed by atoms with Gasteiger partial charge in [0.25, 0.3) is 0 Å². The van der Waals surface area contributed by atoms with E-state index < -0.39 is 0 Å². The third-order valence-electron chi connectivity index (χ3n) is 9.62. The lowest BCUT2D eigenvalue weighted by molar-refractivity contribution is -0.119. The van der Waals surface area contributed by atoms with E-state index in [1.54, 1.807) is 0 Å². The van der Waals surface area contributed by atoms with Crippen LogP contribution in [0.3, 0.4) is 0 Å². The van der Waals surface area contributed by atoms with Crippen molar-refractivity contribution in [3.8, 4) is 0 Å². The molecule has 0 saturated carbocycles. The van der Waals surface area contributed by atoms with Crippen molar-refractivity contribution >= 4 is 5.78 Å². The van der Waals surface area contributed by atoms with Gasteiger partial charge in [0.05, 0.1) is 0 Å². The molecule has 0 radical (unpaired) electrons. The molecule has 0 N–H and O–H groups in total. The molecule has 0 spiro atoms. The Morgan fingerprint density at radius 2 is 0.381 bits per heavy atom. The molecule has 0 aliphatic rings. The number of carbonyl (C=O) groups excluding carboxylic acids is 1. The Morgan fingerprint density at radius 3 is 0.548 bits per heavy atom. The summed E-state index contributed by atoms with van der Waals surface area (Å²) in [5.41, 5.74) is 0. The van der Waals surface area contributed by atoms with Crippen LogP contribution in [0.25, 0.3) is 0 Å². The van der Waals surface area contributed by atoms with Gasteiger partial charge in [0.2, 0.25) is 0 Å². The number of unbranched alkanes of at least 4 members (excludes halogenated alkanes) is 34. The van der Waals surface area contributed by atoms with Crippen LogP contribution in [-0.2, 0) is 4.79 Å². The number of Topliss-reactive ketones (excluding diaryl/α,β-unsaturated/α-hetero) is 1.